The van der Waals surface area contributed by atoms with Crippen LogP contribution in [-0.4, -0.2) is 62.5 Å². The van der Waals surface area contributed by atoms with E-state index in [1.807, 2.05) is 6.92 Å². The molecule has 5 heteroatoms. The van der Waals surface area contributed by atoms with E-state index in [-0.39, 0.29) is 12.5 Å². The van der Waals surface area contributed by atoms with Crippen LogP contribution in [-0.2, 0) is 14.3 Å². The lowest BCUT2D eigenvalue weighted by Crippen LogP contribution is -2.39. The average Bonchev–Trinajstić information content (AvgIpc) is 2.17. The van der Waals surface area contributed by atoms with Gasteiger partial charge in [-0.2, -0.15) is 0 Å². The predicted molar refractivity (Wildman–Crippen MR) is 57.0 cm³/mol. The molecule has 0 radical (unpaired) electrons. The van der Waals surface area contributed by atoms with Gasteiger partial charge in [-0.1, -0.05) is 0 Å². The maximum atomic E-state index is 10.5. The molecule has 0 aromatic heterocycles. The molecule has 90 valence electrons. The van der Waals surface area contributed by atoms with Crippen molar-refractivity contribution < 1.29 is 19.4 Å². The second-order valence-corrected chi connectivity index (χ2v) is 3.48. The molecule has 5 nitrogen and oxygen atoms in total. The minimum absolute atomic E-state index is 0.151. The van der Waals surface area contributed by atoms with Crippen molar-refractivity contribution >= 4 is 5.97 Å². The third-order valence-electron chi connectivity index (χ3n) is 2.23. The van der Waals surface area contributed by atoms with Gasteiger partial charge in [0.15, 0.2) is 0 Å². The van der Waals surface area contributed by atoms with Crippen LogP contribution in [0.5, 0.6) is 0 Å². The first-order valence-corrected chi connectivity index (χ1v) is 5.05. The number of carboxylic acids is 1. The van der Waals surface area contributed by atoms with Crippen LogP contribution in [0.3, 0.4) is 0 Å². The molecule has 0 bridgehead atoms. The summed E-state index contributed by atoms with van der Waals surface area (Å²) in [7, 11) is 3.28. The molecule has 0 amide bonds. The van der Waals surface area contributed by atoms with Gasteiger partial charge >= 0.3 is 5.97 Å². The average molecular weight is 219 g/mol. The standard InChI is InChI=1S/C10H21NO4/c1-9(8-15-3)11(6-7-14-2)5-4-10(12)13/h9H,4-8H2,1-3H3,(H,12,13). The molecule has 0 aliphatic carbocycles. The minimum atomic E-state index is -0.776. The Morgan fingerprint density at radius 2 is 2.00 bits per heavy atom. The molecule has 1 N–H and O–H groups in total. The molecule has 0 fully saturated rings. The summed E-state index contributed by atoms with van der Waals surface area (Å²) in [6.07, 6.45) is 0.151. The lowest BCUT2D eigenvalue weighted by molar-refractivity contribution is -0.137. The highest BCUT2D eigenvalue weighted by Gasteiger charge is 2.14. The maximum Gasteiger partial charge on any atom is 0.304 e. The first-order chi connectivity index (χ1) is 7.11. The van der Waals surface area contributed by atoms with Crippen molar-refractivity contribution in [2.75, 3.05) is 40.5 Å². The zero-order valence-corrected chi connectivity index (χ0v) is 9.73. The number of hydrogen-bond donors (Lipinski definition) is 1. The second-order valence-electron chi connectivity index (χ2n) is 3.48. The molecule has 0 saturated carbocycles. The first kappa shape index (κ1) is 14.3. The number of rotatable bonds is 9. The zero-order chi connectivity index (χ0) is 11.7. The molecule has 0 aliphatic heterocycles. The van der Waals surface area contributed by atoms with Crippen molar-refractivity contribution in [2.24, 2.45) is 0 Å². The van der Waals surface area contributed by atoms with Crippen LogP contribution in [0, 0.1) is 0 Å². The number of ether oxygens (including phenoxy) is 2. The van der Waals surface area contributed by atoms with E-state index in [1.165, 1.54) is 0 Å². The van der Waals surface area contributed by atoms with Crippen molar-refractivity contribution in [3.63, 3.8) is 0 Å². The van der Waals surface area contributed by atoms with Gasteiger partial charge in [-0.3, -0.25) is 9.69 Å². The van der Waals surface area contributed by atoms with Crippen LogP contribution < -0.4 is 0 Å². The summed E-state index contributed by atoms with van der Waals surface area (Å²) < 4.78 is 10.0. The predicted octanol–water partition coefficient (Wildman–Crippen LogP) is 0.444. The van der Waals surface area contributed by atoms with E-state index in [0.29, 0.717) is 19.8 Å². The molecule has 0 aliphatic rings. The highest BCUT2D eigenvalue weighted by molar-refractivity contribution is 5.66. The van der Waals surface area contributed by atoms with E-state index >= 15 is 0 Å². The Balaban J connectivity index is 3.98. The van der Waals surface area contributed by atoms with Crippen LogP contribution in [0.25, 0.3) is 0 Å². The van der Waals surface area contributed by atoms with Gasteiger partial charge in [0.2, 0.25) is 0 Å². The third-order valence-corrected chi connectivity index (χ3v) is 2.23. The molecule has 15 heavy (non-hydrogen) atoms. The molecule has 0 saturated heterocycles. The monoisotopic (exact) mass is 219 g/mol. The Morgan fingerprint density at radius 1 is 1.33 bits per heavy atom. The van der Waals surface area contributed by atoms with Crippen molar-refractivity contribution in [3.8, 4) is 0 Å². The largest absolute Gasteiger partial charge is 0.481 e. The summed E-state index contributed by atoms with van der Waals surface area (Å²) in [5, 5.41) is 8.61. The summed E-state index contributed by atoms with van der Waals surface area (Å²) in [6.45, 7) is 4.48. The van der Waals surface area contributed by atoms with Crippen molar-refractivity contribution in [3.05, 3.63) is 0 Å². The Labute approximate surface area is 91.0 Å². The van der Waals surface area contributed by atoms with Gasteiger partial charge in [0.1, 0.15) is 0 Å². The summed E-state index contributed by atoms with van der Waals surface area (Å²) in [5.41, 5.74) is 0. The van der Waals surface area contributed by atoms with Crippen LogP contribution in [0.4, 0.5) is 0 Å². The van der Waals surface area contributed by atoms with E-state index in [1.54, 1.807) is 14.2 Å². The van der Waals surface area contributed by atoms with Gasteiger partial charge in [0.05, 0.1) is 19.6 Å². The van der Waals surface area contributed by atoms with Crippen LogP contribution in [0.15, 0.2) is 0 Å². The highest BCUT2D eigenvalue weighted by Crippen LogP contribution is 2.01. The fourth-order valence-electron chi connectivity index (χ4n) is 1.35. The summed E-state index contributed by atoms with van der Waals surface area (Å²) in [4.78, 5) is 12.5. The lowest BCUT2D eigenvalue weighted by Gasteiger charge is -2.27. The molecular weight excluding hydrogens is 198 g/mol. The number of methoxy groups -OCH3 is 2. The van der Waals surface area contributed by atoms with Crippen LogP contribution in [0.2, 0.25) is 0 Å². The van der Waals surface area contributed by atoms with E-state index in [2.05, 4.69) is 4.90 Å². The van der Waals surface area contributed by atoms with Crippen molar-refractivity contribution in [1.29, 1.82) is 0 Å². The molecule has 0 aromatic rings. The molecule has 0 aromatic carbocycles. The molecule has 1 unspecified atom stereocenters. The smallest absolute Gasteiger partial charge is 0.304 e. The zero-order valence-electron chi connectivity index (χ0n) is 9.73. The van der Waals surface area contributed by atoms with Crippen molar-refractivity contribution in [1.82, 2.24) is 4.90 Å². The second kappa shape index (κ2) is 8.64. The van der Waals surface area contributed by atoms with Gasteiger partial charge in [-0.25, -0.2) is 0 Å². The van der Waals surface area contributed by atoms with Crippen LogP contribution >= 0.6 is 0 Å². The maximum absolute atomic E-state index is 10.5. The molecule has 0 spiro atoms. The number of carbonyl (C=O) groups is 1. The van der Waals surface area contributed by atoms with Gasteiger partial charge in [-0.05, 0) is 6.92 Å². The van der Waals surface area contributed by atoms with Crippen molar-refractivity contribution in [2.45, 2.75) is 19.4 Å². The summed E-state index contributed by atoms with van der Waals surface area (Å²) >= 11 is 0. The Kier molecular flexibility index (Phi) is 8.27. The molecule has 0 heterocycles. The number of aliphatic carboxylic acids is 1. The Morgan fingerprint density at radius 3 is 2.47 bits per heavy atom. The first-order valence-electron chi connectivity index (χ1n) is 5.05. The topological polar surface area (TPSA) is 59.0 Å². The number of carboxylic acid groups (broad SMARTS) is 1. The Bertz CT molecular complexity index is 175. The third kappa shape index (κ3) is 7.30. The fourth-order valence-corrected chi connectivity index (χ4v) is 1.35. The fraction of sp³-hybridized carbons (Fsp3) is 0.900. The lowest BCUT2D eigenvalue weighted by atomic mass is 10.2. The number of hydrogen-bond acceptors (Lipinski definition) is 4. The minimum Gasteiger partial charge on any atom is -0.481 e. The van der Waals surface area contributed by atoms with Gasteiger partial charge in [-0.15, -0.1) is 0 Å². The quantitative estimate of drug-likeness (QED) is 0.610. The van der Waals surface area contributed by atoms with Gasteiger partial charge < -0.3 is 14.6 Å². The van der Waals surface area contributed by atoms with E-state index < -0.39 is 5.97 Å². The van der Waals surface area contributed by atoms with E-state index in [4.69, 9.17) is 14.6 Å². The van der Waals surface area contributed by atoms with Gasteiger partial charge in [0.25, 0.3) is 0 Å². The molecular formula is C10H21NO4. The van der Waals surface area contributed by atoms with E-state index in [0.717, 1.165) is 6.54 Å². The summed E-state index contributed by atoms with van der Waals surface area (Å²) in [6, 6.07) is 0.212. The highest BCUT2D eigenvalue weighted by atomic mass is 16.5. The van der Waals surface area contributed by atoms with Gasteiger partial charge in [0, 0.05) is 33.4 Å². The van der Waals surface area contributed by atoms with Crippen LogP contribution in [0.1, 0.15) is 13.3 Å². The number of nitrogens with zero attached hydrogens (tertiary/aromatic N) is 1. The molecule has 1 atom stereocenters. The molecule has 0 rings (SSSR count). The normalized spacial score (nSPS) is 13.1. The van der Waals surface area contributed by atoms with E-state index in [9.17, 15) is 4.79 Å². The summed E-state index contributed by atoms with van der Waals surface area (Å²) in [5.74, 6) is -0.776. The Hall–Kier alpha value is -0.650. The SMILES string of the molecule is COCCN(CCC(=O)O)C(C)COC.